The van der Waals surface area contributed by atoms with Crippen LogP contribution >= 0.6 is 7.82 Å². The van der Waals surface area contributed by atoms with Crippen LogP contribution in [0, 0.1) is 0 Å². The summed E-state index contributed by atoms with van der Waals surface area (Å²) in [6.07, 6.45) is 7.43. The lowest BCUT2D eigenvalue weighted by Crippen LogP contribution is -2.35. The largest absolute Gasteiger partial charge is 0.466 e. The molecule has 0 saturated carbocycles. The minimum absolute atomic E-state index is 0.144. The summed E-state index contributed by atoms with van der Waals surface area (Å²) in [5.41, 5.74) is 0.968. The Bertz CT molecular complexity index is 774. The van der Waals surface area contributed by atoms with E-state index < -0.39 is 17.8 Å². The Morgan fingerprint density at radius 1 is 1.00 bits per heavy atom. The van der Waals surface area contributed by atoms with E-state index in [1.165, 1.54) is 32.1 Å². The monoisotopic (exact) mass is 481 g/mol. The molecule has 0 aliphatic heterocycles. The van der Waals surface area contributed by atoms with Crippen LogP contribution in [0.5, 0.6) is 0 Å². The highest BCUT2D eigenvalue weighted by molar-refractivity contribution is 7.92. The highest BCUT2D eigenvalue weighted by Gasteiger charge is 2.08. The first-order chi connectivity index (χ1) is 14.4. The van der Waals surface area contributed by atoms with Crippen LogP contribution in [0.25, 0.3) is 0 Å². The fourth-order valence-electron chi connectivity index (χ4n) is 2.70. The third-order valence-corrected chi connectivity index (χ3v) is 4.80. The van der Waals surface area contributed by atoms with E-state index in [-0.39, 0.29) is 5.91 Å². The fraction of sp³-hybridized carbons (Fsp3) is 0.632. The lowest BCUT2D eigenvalue weighted by molar-refractivity contribution is 0.0948. The molecule has 0 heterocycles. The van der Waals surface area contributed by atoms with Gasteiger partial charge in [-0.05, 0) is 43.8 Å². The molecule has 12 heteroatoms. The van der Waals surface area contributed by atoms with E-state index in [0.29, 0.717) is 17.8 Å². The van der Waals surface area contributed by atoms with Crippen LogP contribution in [0.2, 0.25) is 0 Å². The van der Waals surface area contributed by atoms with Crippen molar-refractivity contribution in [3.63, 3.8) is 0 Å². The van der Waals surface area contributed by atoms with Crippen LogP contribution in [0.15, 0.2) is 24.3 Å². The Labute approximate surface area is 185 Å². The average Bonchev–Trinajstić information content (AvgIpc) is 2.64. The molecule has 1 amide bonds. The molecule has 0 aliphatic rings. The topological polar surface area (TPSA) is 156 Å². The summed E-state index contributed by atoms with van der Waals surface area (Å²) >= 11 is 0. The van der Waals surface area contributed by atoms with Crippen molar-refractivity contribution in [1.29, 1.82) is 0 Å². The molecule has 5 N–H and O–H groups in total. The number of hydrogen-bond acceptors (Lipinski definition) is 5. The predicted molar refractivity (Wildman–Crippen MR) is 122 cm³/mol. The number of phosphoric acid groups is 1. The van der Waals surface area contributed by atoms with Gasteiger partial charge in [0.25, 0.3) is 5.91 Å². The van der Waals surface area contributed by atoms with Gasteiger partial charge >= 0.3 is 7.82 Å². The molecule has 1 rings (SSSR count). The van der Waals surface area contributed by atoms with Gasteiger partial charge in [0.1, 0.15) is 0 Å². The van der Waals surface area contributed by atoms with E-state index in [1.807, 2.05) is 0 Å². The number of likely N-dealkylation sites (N-methyl/N-ethyl adjacent to an activating group) is 1. The maximum Gasteiger partial charge on any atom is 0.466 e. The second-order valence-electron chi connectivity index (χ2n) is 7.07. The second kappa shape index (κ2) is 15.3. The smallest absolute Gasteiger partial charge is 0.351 e. The first kappa shape index (κ1) is 29.5. The summed E-state index contributed by atoms with van der Waals surface area (Å²) in [7, 11) is -7.95. The van der Waals surface area contributed by atoms with Gasteiger partial charge in [-0.3, -0.25) is 9.52 Å². The first-order valence-electron chi connectivity index (χ1n) is 10.2. The van der Waals surface area contributed by atoms with Crippen LogP contribution < -0.4 is 10.0 Å². The van der Waals surface area contributed by atoms with Crippen molar-refractivity contribution in [3.8, 4) is 0 Å². The van der Waals surface area contributed by atoms with Gasteiger partial charge in [0.2, 0.25) is 10.0 Å². The summed E-state index contributed by atoms with van der Waals surface area (Å²) in [4.78, 5) is 36.1. The summed E-state index contributed by atoms with van der Waals surface area (Å²) in [6, 6.07) is 6.41. The van der Waals surface area contributed by atoms with Gasteiger partial charge in [0.15, 0.2) is 0 Å². The molecule has 1 aromatic rings. The van der Waals surface area contributed by atoms with Crippen molar-refractivity contribution < 1.29 is 32.5 Å². The second-order valence-corrected chi connectivity index (χ2v) is 9.84. The Kier molecular flexibility index (Phi) is 14.6. The Morgan fingerprint density at radius 2 is 1.55 bits per heavy atom. The molecule has 0 radical (unpaired) electrons. The molecule has 0 aromatic heterocycles. The van der Waals surface area contributed by atoms with E-state index in [2.05, 4.69) is 28.8 Å². The average molecular weight is 482 g/mol. The quantitative estimate of drug-likeness (QED) is 0.212. The molecule has 31 heavy (non-hydrogen) atoms. The van der Waals surface area contributed by atoms with Gasteiger partial charge in [-0.15, -0.1) is 0 Å². The zero-order chi connectivity index (χ0) is 23.9. The van der Waals surface area contributed by atoms with Gasteiger partial charge in [0.05, 0.1) is 6.26 Å². The number of amides is 1. The van der Waals surface area contributed by atoms with Crippen molar-refractivity contribution in [2.24, 2.45) is 0 Å². The molecular formula is C19H36N3O7PS. The Hall–Kier alpha value is -1.49. The molecule has 1 aromatic carbocycles. The van der Waals surface area contributed by atoms with E-state index >= 15 is 0 Å². The third-order valence-electron chi connectivity index (χ3n) is 4.19. The molecule has 0 saturated heterocycles. The van der Waals surface area contributed by atoms with Crippen molar-refractivity contribution in [2.75, 3.05) is 37.2 Å². The third kappa shape index (κ3) is 19.0. The van der Waals surface area contributed by atoms with E-state index in [9.17, 15) is 13.2 Å². The van der Waals surface area contributed by atoms with E-state index in [4.69, 9.17) is 19.2 Å². The predicted octanol–water partition coefficient (Wildman–Crippen LogP) is 2.15. The minimum atomic E-state index is -4.64. The molecule has 0 bridgehead atoms. The molecule has 0 spiro atoms. The van der Waals surface area contributed by atoms with Crippen LogP contribution in [0.3, 0.4) is 0 Å². The maximum absolute atomic E-state index is 12.2. The van der Waals surface area contributed by atoms with Crippen molar-refractivity contribution in [1.82, 2.24) is 10.2 Å². The molecule has 0 fully saturated rings. The number of nitrogens with one attached hydrogen (secondary N) is 2. The maximum atomic E-state index is 12.2. The molecule has 10 nitrogen and oxygen atoms in total. The van der Waals surface area contributed by atoms with E-state index in [0.717, 1.165) is 25.9 Å². The van der Waals surface area contributed by atoms with E-state index in [1.54, 1.807) is 24.3 Å². The molecule has 0 unspecified atom stereocenters. The number of benzene rings is 1. The Balaban J connectivity index is 0.00000161. The molecule has 0 atom stereocenters. The Morgan fingerprint density at radius 3 is 2.03 bits per heavy atom. The van der Waals surface area contributed by atoms with Gasteiger partial charge in [0, 0.05) is 24.3 Å². The number of carbonyl (C=O) groups is 1. The number of nitrogens with zero attached hydrogens (tertiary/aromatic N) is 1. The minimum Gasteiger partial charge on any atom is -0.351 e. The van der Waals surface area contributed by atoms with Crippen LogP contribution in [0.4, 0.5) is 5.69 Å². The van der Waals surface area contributed by atoms with Gasteiger partial charge in [-0.2, -0.15) is 0 Å². The fourth-order valence-corrected chi connectivity index (χ4v) is 3.26. The van der Waals surface area contributed by atoms with Crippen molar-refractivity contribution >= 4 is 29.4 Å². The van der Waals surface area contributed by atoms with Crippen LogP contribution in [-0.2, 0) is 14.6 Å². The highest BCUT2D eigenvalue weighted by atomic mass is 32.2. The lowest BCUT2D eigenvalue weighted by atomic mass is 10.1. The standard InChI is InChI=1S/C19H33N3O3S.H3O4P/c1-4-6-7-8-9-15-22(5-2)16-14-20-19(23)17-10-12-18(13-11-17)21-26(3,24)25;1-5(2,3)4/h10-13,21H,4-9,14-16H2,1-3H3,(H,20,23);(H3,1,2,3,4). The number of anilines is 1. The van der Waals surface area contributed by atoms with Gasteiger partial charge in [-0.1, -0.05) is 39.5 Å². The van der Waals surface area contributed by atoms with Crippen LogP contribution in [-0.4, -0.2) is 66.3 Å². The normalized spacial score (nSPS) is 11.6. The molecule has 0 aliphatic carbocycles. The SMILES string of the molecule is CCCCCCCN(CC)CCNC(=O)c1ccc(NS(C)(=O)=O)cc1.O=P(O)(O)O. The summed E-state index contributed by atoms with van der Waals surface area (Å²) in [6.45, 7) is 7.85. The van der Waals surface area contributed by atoms with Gasteiger partial charge in [-0.25, -0.2) is 13.0 Å². The number of hydrogen-bond donors (Lipinski definition) is 5. The van der Waals surface area contributed by atoms with Crippen molar-refractivity contribution in [3.05, 3.63) is 29.8 Å². The summed E-state index contributed by atoms with van der Waals surface area (Å²) in [5.74, 6) is -0.144. The number of rotatable bonds is 13. The number of sulfonamides is 1. The zero-order valence-electron chi connectivity index (χ0n) is 18.5. The van der Waals surface area contributed by atoms with Gasteiger partial charge < -0.3 is 24.9 Å². The summed E-state index contributed by atoms with van der Waals surface area (Å²) < 4.78 is 33.6. The first-order valence-corrected chi connectivity index (χ1v) is 13.7. The zero-order valence-corrected chi connectivity index (χ0v) is 20.2. The molecule has 180 valence electrons. The van der Waals surface area contributed by atoms with Crippen LogP contribution in [0.1, 0.15) is 56.3 Å². The highest BCUT2D eigenvalue weighted by Crippen LogP contribution is 2.25. The number of unbranched alkanes of at least 4 members (excludes halogenated alkanes) is 4. The lowest BCUT2D eigenvalue weighted by Gasteiger charge is -2.20. The summed E-state index contributed by atoms with van der Waals surface area (Å²) in [5, 5.41) is 2.92. The number of carbonyl (C=O) groups excluding carboxylic acids is 1. The van der Waals surface area contributed by atoms with Crippen molar-refractivity contribution in [2.45, 2.75) is 46.0 Å². The molecular weight excluding hydrogens is 445 g/mol.